The lowest BCUT2D eigenvalue weighted by atomic mass is 10.0. The van der Waals surface area contributed by atoms with E-state index in [2.05, 4.69) is 10.6 Å². The van der Waals surface area contributed by atoms with Crippen LogP contribution in [0.3, 0.4) is 0 Å². The number of benzene rings is 2. The summed E-state index contributed by atoms with van der Waals surface area (Å²) >= 11 is 6.26. The zero-order valence-electron chi connectivity index (χ0n) is 20.0. The van der Waals surface area contributed by atoms with Gasteiger partial charge in [0.05, 0.1) is 12.2 Å². The van der Waals surface area contributed by atoms with Crippen LogP contribution in [0.2, 0.25) is 5.02 Å². The number of hydrogen-bond acceptors (Lipinski definition) is 6. The van der Waals surface area contributed by atoms with Gasteiger partial charge in [0.2, 0.25) is 5.91 Å². The Kier molecular flexibility index (Phi) is 10.5. The summed E-state index contributed by atoms with van der Waals surface area (Å²) in [6.07, 6.45) is 0.0875. The Morgan fingerprint density at radius 3 is 2.31 bits per heavy atom. The van der Waals surface area contributed by atoms with Gasteiger partial charge in [-0.2, -0.15) is 0 Å². The smallest absolute Gasteiger partial charge is 0.328 e. The van der Waals surface area contributed by atoms with Crippen molar-refractivity contribution < 1.29 is 29.3 Å². The van der Waals surface area contributed by atoms with E-state index in [-0.39, 0.29) is 36.3 Å². The van der Waals surface area contributed by atoms with Crippen molar-refractivity contribution >= 4 is 29.4 Å². The lowest BCUT2D eigenvalue weighted by molar-refractivity contribution is -0.143. The highest BCUT2D eigenvalue weighted by molar-refractivity contribution is 6.31. The number of aliphatic carboxylic acids is 1. The van der Waals surface area contributed by atoms with E-state index < -0.39 is 36.5 Å². The van der Waals surface area contributed by atoms with Gasteiger partial charge in [-0.1, -0.05) is 55.8 Å². The molecule has 0 radical (unpaired) electrons. The largest absolute Gasteiger partial charge is 0.491 e. The summed E-state index contributed by atoms with van der Waals surface area (Å²) in [5.74, 6) is -2.36. The zero-order valence-corrected chi connectivity index (χ0v) is 20.7. The van der Waals surface area contributed by atoms with E-state index in [0.717, 1.165) is 5.56 Å². The van der Waals surface area contributed by atoms with Gasteiger partial charge < -0.3 is 31.3 Å². The van der Waals surface area contributed by atoms with Gasteiger partial charge in [-0.25, -0.2) is 4.79 Å². The highest BCUT2D eigenvalue weighted by Gasteiger charge is 2.28. The molecule has 0 unspecified atom stereocenters. The van der Waals surface area contributed by atoms with Crippen LogP contribution in [0, 0.1) is 12.8 Å². The number of aliphatic hydroxyl groups is 1. The highest BCUT2D eigenvalue weighted by atomic mass is 35.5. The number of nitrogens with one attached hydrogen (secondary N) is 2. The van der Waals surface area contributed by atoms with Gasteiger partial charge in [-0.3, -0.25) is 9.59 Å². The molecule has 190 valence electrons. The predicted octanol–water partition coefficient (Wildman–Crippen LogP) is 1.91. The van der Waals surface area contributed by atoms with Crippen LogP contribution < -0.4 is 21.1 Å². The minimum Gasteiger partial charge on any atom is -0.491 e. The molecule has 0 spiro atoms. The third-order valence-electron chi connectivity index (χ3n) is 5.49. The summed E-state index contributed by atoms with van der Waals surface area (Å²) in [6.45, 7) is 5.06. The number of carbonyl (C=O) groups excluding carboxylic acids is 2. The molecule has 0 heterocycles. The first-order valence-electron chi connectivity index (χ1n) is 11.2. The van der Waals surface area contributed by atoms with Crippen LogP contribution >= 0.6 is 11.6 Å². The lowest BCUT2D eigenvalue weighted by Crippen LogP contribution is -2.53. The van der Waals surface area contributed by atoms with Crippen LogP contribution in [0.1, 0.15) is 35.3 Å². The second-order valence-electron chi connectivity index (χ2n) is 8.61. The summed E-state index contributed by atoms with van der Waals surface area (Å²) in [4.78, 5) is 37.5. The van der Waals surface area contributed by atoms with Crippen molar-refractivity contribution in [2.24, 2.45) is 11.7 Å². The molecule has 0 aliphatic heterocycles. The van der Waals surface area contributed by atoms with Crippen molar-refractivity contribution in [3.05, 3.63) is 64.2 Å². The van der Waals surface area contributed by atoms with Crippen molar-refractivity contribution in [1.82, 2.24) is 10.6 Å². The van der Waals surface area contributed by atoms with Gasteiger partial charge in [0.25, 0.3) is 5.91 Å². The van der Waals surface area contributed by atoms with Crippen LogP contribution in [-0.2, 0) is 16.0 Å². The topological polar surface area (TPSA) is 151 Å². The number of carbonyl (C=O) groups is 3. The predicted molar refractivity (Wildman–Crippen MR) is 133 cm³/mol. The summed E-state index contributed by atoms with van der Waals surface area (Å²) in [7, 11) is 0. The van der Waals surface area contributed by atoms with E-state index >= 15 is 0 Å². The number of nitrogens with two attached hydrogens (primary N) is 1. The lowest BCUT2D eigenvalue weighted by Gasteiger charge is -2.22. The van der Waals surface area contributed by atoms with Gasteiger partial charge in [-0.05, 0) is 36.1 Å². The first kappa shape index (κ1) is 28.1. The minimum atomic E-state index is -1.51. The molecule has 9 nitrogen and oxygen atoms in total. The molecule has 0 bridgehead atoms. The van der Waals surface area contributed by atoms with Crippen molar-refractivity contribution in [1.29, 1.82) is 0 Å². The van der Waals surface area contributed by atoms with E-state index in [1.165, 1.54) is 6.07 Å². The van der Waals surface area contributed by atoms with Crippen molar-refractivity contribution in [3.8, 4) is 5.75 Å². The van der Waals surface area contributed by atoms with Gasteiger partial charge in [-0.15, -0.1) is 0 Å². The molecule has 2 aromatic rings. The fraction of sp³-hybridized carbons (Fsp3) is 0.400. The summed E-state index contributed by atoms with van der Waals surface area (Å²) in [6, 6.07) is 9.10. The first-order chi connectivity index (χ1) is 16.5. The zero-order chi connectivity index (χ0) is 26.1. The summed E-state index contributed by atoms with van der Waals surface area (Å²) < 4.78 is 5.84. The fourth-order valence-corrected chi connectivity index (χ4v) is 3.25. The van der Waals surface area contributed by atoms with Crippen molar-refractivity contribution in [2.75, 3.05) is 13.2 Å². The normalized spacial score (nSPS) is 13.6. The van der Waals surface area contributed by atoms with Gasteiger partial charge in [0.1, 0.15) is 24.4 Å². The second-order valence-corrected chi connectivity index (χ2v) is 9.02. The number of aliphatic hydroxyl groups excluding tert-OH is 1. The molecule has 0 aliphatic rings. The molecule has 0 fully saturated rings. The highest BCUT2D eigenvalue weighted by Crippen LogP contribution is 2.27. The number of carboxylic acid groups (broad SMARTS) is 1. The van der Waals surface area contributed by atoms with Gasteiger partial charge >= 0.3 is 5.97 Å². The van der Waals surface area contributed by atoms with Crippen LogP contribution in [0.4, 0.5) is 0 Å². The molecule has 2 amide bonds. The van der Waals surface area contributed by atoms with Crippen LogP contribution in [0.5, 0.6) is 5.75 Å². The molecule has 6 N–H and O–H groups in total. The number of hydrogen-bond donors (Lipinski definition) is 5. The Balaban J connectivity index is 2.32. The molecule has 35 heavy (non-hydrogen) atoms. The standard InChI is InChI=1S/C25H32ClN3O6/c1-14(2)19(27)13-35-22-9-15(3)18(26)11-17(22)23(31)28-20(10-16-7-5-4-6-8-16)24(32)29-21(12-30)25(33)34/h4-9,11,14,19-21,30H,10,12-13,27H2,1-3H3,(H,28,31)(H,29,32)(H,33,34)/t19-,20-,21-/m0/s1. The van der Waals surface area contributed by atoms with E-state index in [1.807, 2.05) is 19.9 Å². The molecule has 0 saturated heterocycles. The summed E-state index contributed by atoms with van der Waals surface area (Å²) in [5.41, 5.74) is 7.62. The molecule has 0 aliphatic carbocycles. The van der Waals surface area contributed by atoms with E-state index in [9.17, 15) is 24.6 Å². The van der Waals surface area contributed by atoms with Crippen molar-refractivity contribution in [3.63, 3.8) is 0 Å². The second kappa shape index (κ2) is 13.1. The third-order valence-corrected chi connectivity index (χ3v) is 5.90. The average molecular weight is 506 g/mol. The monoisotopic (exact) mass is 505 g/mol. The van der Waals surface area contributed by atoms with Gasteiger partial charge in [0, 0.05) is 17.5 Å². The van der Waals surface area contributed by atoms with E-state index in [1.54, 1.807) is 37.3 Å². The van der Waals surface area contributed by atoms with Crippen LogP contribution in [-0.4, -0.2) is 59.3 Å². The number of amides is 2. The number of ether oxygens (including phenoxy) is 1. The quantitative estimate of drug-likeness (QED) is 0.295. The molecule has 0 saturated carbocycles. The Morgan fingerprint density at radius 2 is 1.74 bits per heavy atom. The molecule has 3 atom stereocenters. The maximum absolute atomic E-state index is 13.3. The third kappa shape index (κ3) is 8.24. The van der Waals surface area contributed by atoms with E-state index in [4.69, 9.17) is 22.1 Å². The first-order valence-corrected chi connectivity index (χ1v) is 11.6. The van der Waals surface area contributed by atoms with Crippen LogP contribution in [0.15, 0.2) is 42.5 Å². The Hall–Kier alpha value is -3.14. The molecule has 0 aromatic heterocycles. The molecular formula is C25H32ClN3O6. The minimum absolute atomic E-state index is 0.0875. The molecule has 10 heteroatoms. The molecule has 2 rings (SSSR count). The molecular weight excluding hydrogens is 474 g/mol. The Morgan fingerprint density at radius 1 is 1.09 bits per heavy atom. The van der Waals surface area contributed by atoms with E-state index in [0.29, 0.717) is 10.6 Å². The fourth-order valence-electron chi connectivity index (χ4n) is 3.08. The Labute approximate surface area is 209 Å². The molecule has 2 aromatic carbocycles. The van der Waals surface area contributed by atoms with Crippen LogP contribution in [0.25, 0.3) is 0 Å². The summed E-state index contributed by atoms with van der Waals surface area (Å²) in [5, 5.41) is 23.7. The maximum atomic E-state index is 13.3. The van der Waals surface area contributed by atoms with Gasteiger partial charge in [0.15, 0.2) is 0 Å². The van der Waals surface area contributed by atoms with Crippen molar-refractivity contribution in [2.45, 2.75) is 45.3 Å². The Bertz CT molecular complexity index is 1030. The number of halogens is 1. The SMILES string of the molecule is Cc1cc(OC[C@H](N)C(C)C)c(C(=O)N[C@@H](Cc2ccccc2)C(=O)N[C@@H](CO)C(=O)O)cc1Cl. The number of aryl methyl sites for hydroxylation is 1. The maximum Gasteiger partial charge on any atom is 0.328 e. The number of rotatable bonds is 12. The number of carboxylic acids is 1. The average Bonchev–Trinajstić information content (AvgIpc) is 2.82.